The Balaban J connectivity index is 4.47. The van der Waals surface area contributed by atoms with E-state index in [4.69, 9.17) is 10.5 Å². The summed E-state index contributed by atoms with van der Waals surface area (Å²) in [5.41, 5.74) is 0.186. The summed E-state index contributed by atoms with van der Waals surface area (Å²) in [5.74, 6) is 0. The van der Waals surface area contributed by atoms with Gasteiger partial charge in [-0.3, -0.25) is 0 Å². The maximum Gasteiger partial charge on any atom is 0.149 e. The Labute approximate surface area is 74.5 Å². The summed E-state index contributed by atoms with van der Waals surface area (Å²) in [6.45, 7) is 0. The van der Waals surface area contributed by atoms with E-state index in [9.17, 15) is 0 Å². The van der Waals surface area contributed by atoms with Gasteiger partial charge in [-0.05, 0) is 45.2 Å². The van der Waals surface area contributed by atoms with Crippen molar-refractivity contribution in [2.45, 2.75) is 0 Å². The van der Waals surface area contributed by atoms with Gasteiger partial charge in [-0.1, -0.05) is 0 Å². The molecule has 0 atom stereocenters. The molecule has 0 aliphatic rings. The molecule has 0 fully saturated rings. The molecule has 0 spiro atoms. The fourth-order valence-corrected chi connectivity index (χ4v) is 0.592. The van der Waals surface area contributed by atoms with Gasteiger partial charge in [-0.15, -0.1) is 0 Å². The molecule has 0 aromatic heterocycles. The lowest BCUT2D eigenvalue weighted by Crippen LogP contribution is -1.67. The van der Waals surface area contributed by atoms with E-state index in [2.05, 4.69) is 0 Å². The highest BCUT2D eigenvalue weighted by Gasteiger charge is 1.94. The van der Waals surface area contributed by atoms with Crippen molar-refractivity contribution in [1.29, 1.82) is 10.5 Å². The smallest absolute Gasteiger partial charge is 0.149 e. The molecule has 0 aliphatic heterocycles. The Morgan fingerprint density at radius 3 is 1.50 bits per heavy atom. The summed E-state index contributed by atoms with van der Waals surface area (Å²) in [5, 5.41) is 16.3. The van der Waals surface area contributed by atoms with Crippen LogP contribution in [0.15, 0.2) is 7.16 Å². The molecule has 0 radical (unpaired) electrons. The first-order valence-corrected chi connectivity index (χ1v) is 3.73. The van der Waals surface area contributed by atoms with Crippen LogP contribution in [0.5, 0.6) is 0 Å². The number of hydrogen-bond donors (Lipinski definition) is 0. The minimum Gasteiger partial charge on any atom is -0.192 e. The van der Waals surface area contributed by atoms with Crippen molar-refractivity contribution in [3.8, 4) is 12.1 Å². The van der Waals surface area contributed by atoms with Gasteiger partial charge in [0.25, 0.3) is 0 Å². The van der Waals surface area contributed by atoms with Crippen molar-refractivity contribution in [1.82, 2.24) is 0 Å². The van der Waals surface area contributed by atoms with Gasteiger partial charge in [-0.2, -0.15) is 10.5 Å². The predicted molar refractivity (Wildman–Crippen MR) is 46.3 cm³/mol. The lowest BCUT2D eigenvalue weighted by molar-refractivity contribution is 1.47. The summed E-state index contributed by atoms with van der Waals surface area (Å²) in [4.78, 5) is 0. The van der Waals surface area contributed by atoms with E-state index in [1.165, 1.54) is 0 Å². The van der Waals surface area contributed by atoms with Gasteiger partial charge in [0.15, 0.2) is 0 Å². The normalized spacial score (nSPS) is 6.50. The zero-order chi connectivity index (χ0) is 6.57. The third kappa shape index (κ3) is 2.48. The van der Waals surface area contributed by atoms with E-state index < -0.39 is 0 Å². The molecule has 0 aromatic carbocycles. The maximum atomic E-state index is 8.16. The fourth-order valence-electron chi connectivity index (χ4n) is 0.110. The van der Waals surface area contributed by atoms with Gasteiger partial charge < -0.3 is 0 Å². The van der Waals surface area contributed by atoms with Crippen LogP contribution in [0.3, 0.4) is 0 Å². The number of rotatable bonds is 0. The number of nitrogens with zero attached hydrogens (tertiary/aromatic N) is 2. The minimum atomic E-state index is 0.186. The van der Waals surface area contributed by atoms with E-state index >= 15 is 0 Å². The Bertz CT molecular complexity index is 173. The predicted octanol–water partition coefficient (Wildman–Crippen LogP) is 2.12. The van der Waals surface area contributed by atoms with Crippen LogP contribution in [0.2, 0.25) is 0 Å². The van der Waals surface area contributed by atoms with Crippen molar-refractivity contribution in [3.05, 3.63) is 7.16 Å². The molecular weight excluding hydrogens is 330 g/mol. The monoisotopic (exact) mass is 330 g/mol. The van der Waals surface area contributed by atoms with E-state index in [-0.39, 0.29) is 5.57 Å². The highest BCUT2D eigenvalue weighted by Crippen LogP contribution is 2.18. The Morgan fingerprint density at radius 1 is 1.12 bits per heavy atom. The van der Waals surface area contributed by atoms with Crippen LogP contribution in [0, 0.1) is 22.7 Å². The van der Waals surface area contributed by atoms with Crippen LogP contribution in [0.1, 0.15) is 0 Å². The molecular formula is C4I2N2. The third-order valence-corrected chi connectivity index (χ3v) is 1.49. The van der Waals surface area contributed by atoms with Gasteiger partial charge in [0.05, 0.1) is 1.59 Å². The molecule has 0 bridgehead atoms. The maximum absolute atomic E-state index is 8.16. The molecule has 0 unspecified atom stereocenters. The highest BCUT2D eigenvalue weighted by atomic mass is 127. The quantitative estimate of drug-likeness (QED) is 0.505. The summed E-state index contributed by atoms with van der Waals surface area (Å²) in [6.07, 6.45) is 0. The lowest BCUT2D eigenvalue weighted by atomic mass is 10.4. The number of halogens is 2. The van der Waals surface area contributed by atoms with E-state index in [1.54, 1.807) is 12.1 Å². The van der Waals surface area contributed by atoms with Gasteiger partial charge in [0.2, 0.25) is 0 Å². The van der Waals surface area contributed by atoms with Gasteiger partial charge in [-0.25, -0.2) is 0 Å². The SMILES string of the molecule is N#CC(C#N)=C(I)I. The van der Waals surface area contributed by atoms with Crippen LogP contribution in [-0.4, -0.2) is 0 Å². The molecule has 0 amide bonds. The van der Waals surface area contributed by atoms with Crippen molar-refractivity contribution in [3.63, 3.8) is 0 Å². The molecule has 0 N–H and O–H groups in total. The van der Waals surface area contributed by atoms with E-state index in [0.29, 0.717) is 1.59 Å². The third-order valence-electron chi connectivity index (χ3n) is 0.413. The topological polar surface area (TPSA) is 47.6 Å². The summed E-state index contributed by atoms with van der Waals surface area (Å²) >= 11 is 3.85. The van der Waals surface area contributed by atoms with E-state index in [0.717, 1.165) is 0 Å². The van der Waals surface area contributed by atoms with Crippen LogP contribution in [0.25, 0.3) is 0 Å². The van der Waals surface area contributed by atoms with Crippen molar-refractivity contribution >= 4 is 45.2 Å². The molecule has 2 nitrogen and oxygen atoms in total. The Hall–Kier alpha value is 0.180. The number of hydrogen-bond acceptors (Lipinski definition) is 2. The second-order valence-corrected chi connectivity index (χ2v) is 5.08. The summed E-state index contributed by atoms with van der Waals surface area (Å²) < 4.78 is 0.713. The van der Waals surface area contributed by atoms with Crippen molar-refractivity contribution in [2.75, 3.05) is 0 Å². The highest BCUT2D eigenvalue weighted by molar-refractivity contribution is 14.2. The first kappa shape index (κ1) is 8.18. The Morgan fingerprint density at radius 2 is 1.50 bits per heavy atom. The molecule has 0 saturated heterocycles. The summed E-state index contributed by atoms with van der Waals surface area (Å²) in [6, 6.07) is 3.51. The standard InChI is InChI=1S/C4I2N2/c5-4(6)3(1-7)2-8. The van der Waals surface area contributed by atoms with Crippen LogP contribution in [0.4, 0.5) is 0 Å². The van der Waals surface area contributed by atoms with Crippen molar-refractivity contribution < 1.29 is 0 Å². The zero-order valence-electron chi connectivity index (χ0n) is 3.65. The van der Waals surface area contributed by atoms with Crippen LogP contribution in [-0.2, 0) is 0 Å². The molecule has 40 valence electrons. The average Bonchev–Trinajstić information content (AvgIpc) is 1.69. The number of nitriles is 2. The van der Waals surface area contributed by atoms with E-state index in [1.807, 2.05) is 45.2 Å². The molecule has 0 heterocycles. The largest absolute Gasteiger partial charge is 0.192 e. The molecule has 0 aliphatic carbocycles. The molecule has 0 rings (SSSR count). The molecule has 0 saturated carbocycles. The van der Waals surface area contributed by atoms with Crippen LogP contribution < -0.4 is 0 Å². The minimum absolute atomic E-state index is 0.186. The number of allylic oxidation sites excluding steroid dienone is 1. The van der Waals surface area contributed by atoms with Gasteiger partial charge in [0.1, 0.15) is 17.7 Å². The first-order valence-electron chi connectivity index (χ1n) is 1.58. The van der Waals surface area contributed by atoms with Crippen LogP contribution >= 0.6 is 45.2 Å². The fraction of sp³-hybridized carbons (Fsp3) is 0. The second kappa shape index (κ2) is 4.10. The Kier molecular flexibility index (Phi) is 4.19. The van der Waals surface area contributed by atoms with Crippen molar-refractivity contribution in [2.24, 2.45) is 0 Å². The lowest BCUT2D eigenvalue weighted by Gasteiger charge is -1.77. The summed E-state index contributed by atoms with van der Waals surface area (Å²) in [7, 11) is 0. The average molecular weight is 330 g/mol. The van der Waals surface area contributed by atoms with Gasteiger partial charge in [0, 0.05) is 0 Å². The molecule has 8 heavy (non-hydrogen) atoms. The first-order chi connectivity index (χ1) is 3.72. The van der Waals surface area contributed by atoms with Gasteiger partial charge >= 0.3 is 0 Å². The second-order valence-electron chi connectivity index (χ2n) is 0.859. The molecule has 4 heteroatoms. The zero-order valence-corrected chi connectivity index (χ0v) is 7.97. The molecule has 0 aromatic rings.